The molecule has 0 radical (unpaired) electrons. The number of nitrogens with zero attached hydrogens (tertiary/aromatic N) is 3. The quantitative estimate of drug-likeness (QED) is 0.680. The van der Waals surface area contributed by atoms with Gasteiger partial charge in [-0.25, -0.2) is 8.42 Å². The Balaban J connectivity index is 2.91. The highest BCUT2D eigenvalue weighted by molar-refractivity contribution is 7.91. The Morgan fingerprint density at radius 1 is 1.47 bits per heavy atom. The van der Waals surface area contributed by atoms with Gasteiger partial charge >= 0.3 is 0 Å². The van der Waals surface area contributed by atoms with Crippen molar-refractivity contribution in [3.63, 3.8) is 0 Å². The van der Waals surface area contributed by atoms with Gasteiger partial charge in [0.15, 0.2) is 0 Å². The second-order valence-corrected chi connectivity index (χ2v) is 6.72. The van der Waals surface area contributed by atoms with Crippen LogP contribution in [-0.2, 0) is 14.8 Å². The molecule has 2 N–H and O–H groups in total. The van der Waals surface area contributed by atoms with Gasteiger partial charge in [-0.15, -0.1) is 10.2 Å². The van der Waals surface area contributed by atoms with E-state index in [4.69, 9.17) is 5.11 Å². The number of aliphatic hydroxyl groups is 1. The van der Waals surface area contributed by atoms with E-state index in [0.717, 1.165) is 11.3 Å². The summed E-state index contributed by atoms with van der Waals surface area (Å²) in [7, 11) is -3.72. The summed E-state index contributed by atoms with van der Waals surface area (Å²) >= 11 is 0.799. The lowest BCUT2D eigenvalue weighted by Crippen LogP contribution is -2.32. The third-order valence-electron chi connectivity index (χ3n) is 2.17. The van der Waals surface area contributed by atoms with Crippen LogP contribution in [0.3, 0.4) is 0 Å². The minimum atomic E-state index is -3.72. The molecule has 0 atom stereocenters. The molecule has 0 bridgehead atoms. The molecule has 0 saturated heterocycles. The first-order chi connectivity index (χ1) is 8.91. The molecule has 0 aliphatic carbocycles. The zero-order valence-corrected chi connectivity index (χ0v) is 12.3. The molecule has 0 aliphatic rings. The van der Waals surface area contributed by atoms with Gasteiger partial charge in [0.2, 0.25) is 15.4 Å². The van der Waals surface area contributed by atoms with Crippen molar-refractivity contribution in [2.24, 2.45) is 0 Å². The number of aromatic nitrogens is 2. The normalized spacial score (nSPS) is 11.8. The highest BCUT2D eigenvalue weighted by Crippen LogP contribution is 2.23. The van der Waals surface area contributed by atoms with Gasteiger partial charge in [-0.1, -0.05) is 18.3 Å². The van der Waals surface area contributed by atoms with Gasteiger partial charge in [0.1, 0.15) is 0 Å². The van der Waals surface area contributed by atoms with Gasteiger partial charge < -0.3 is 10.4 Å². The van der Waals surface area contributed by atoms with Crippen LogP contribution >= 0.6 is 11.3 Å². The Morgan fingerprint density at radius 3 is 2.68 bits per heavy atom. The van der Waals surface area contributed by atoms with Crippen LogP contribution in [0.15, 0.2) is 4.34 Å². The number of hydrogen-bond donors (Lipinski definition) is 2. The van der Waals surface area contributed by atoms with E-state index in [1.54, 1.807) is 6.92 Å². The summed E-state index contributed by atoms with van der Waals surface area (Å²) in [5, 5.41) is 18.5. The molecule has 0 aromatic carbocycles. The van der Waals surface area contributed by atoms with Crippen molar-refractivity contribution in [2.75, 3.05) is 25.0 Å². The third-order valence-corrected chi connectivity index (χ3v) is 5.33. The van der Waals surface area contributed by atoms with Crippen LogP contribution in [0.25, 0.3) is 0 Å². The Labute approximate surface area is 115 Å². The zero-order chi connectivity index (χ0) is 14.5. The summed E-state index contributed by atoms with van der Waals surface area (Å²) in [6.45, 7) is 3.40. The van der Waals surface area contributed by atoms with E-state index >= 15 is 0 Å². The summed E-state index contributed by atoms with van der Waals surface area (Å²) < 4.78 is 25.5. The second-order valence-electron chi connectivity index (χ2n) is 3.63. The molecule has 1 aromatic heterocycles. The number of hydrogen-bond acceptors (Lipinski definition) is 7. The molecule has 0 aliphatic heterocycles. The number of aliphatic hydroxyl groups excluding tert-OH is 1. The summed E-state index contributed by atoms with van der Waals surface area (Å²) in [5.41, 5.74) is 0. The van der Waals surface area contributed by atoms with Crippen LogP contribution in [-0.4, -0.2) is 53.6 Å². The molecule has 0 unspecified atom stereocenters. The van der Waals surface area contributed by atoms with Gasteiger partial charge in [0.25, 0.3) is 10.0 Å². The largest absolute Gasteiger partial charge is 0.396 e. The summed E-state index contributed by atoms with van der Waals surface area (Å²) in [5.74, 6) is -0.340. The predicted molar refractivity (Wildman–Crippen MR) is 70.3 cm³/mol. The maximum atomic E-state index is 12.2. The summed E-state index contributed by atoms with van der Waals surface area (Å²) in [4.78, 5) is 10.8. The fourth-order valence-corrected chi connectivity index (χ4v) is 3.89. The fourth-order valence-electron chi connectivity index (χ4n) is 1.32. The molecule has 0 saturated carbocycles. The monoisotopic (exact) mass is 308 g/mol. The van der Waals surface area contributed by atoms with Crippen LogP contribution in [0.2, 0.25) is 0 Å². The summed E-state index contributed by atoms with van der Waals surface area (Å²) in [6, 6.07) is 0. The molecular weight excluding hydrogens is 292 g/mol. The minimum absolute atomic E-state index is 0.0840. The first-order valence-electron chi connectivity index (χ1n) is 5.64. The van der Waals surface area contributed by atoms with Gasteiger partial charge in [0, 0.05) is 26.6 Å². The lowest BCUT2D eigenvalue weighted by atomic mass is 10.4. The molecule has 8 nitrogen and oxygen atoms in total. The van der Waals surface area contributed by atoms with Crippen molar-refractivity contribution in [1.82, 2.24) is 14.5 Å². The first kappa shape index (κ1) is 16.0. The van der Waals surface area contributed by atoms with E-state index in [1.165, 1.54) is 11.2 Å². The molecule has 1 rings (SSSR count). The van der Waals surface area contributed by atoms with E-state index < -0.39 is 10.0 Å². The summed E-state index contributed by atoms with van der Waals surface area (Å²) in [6.07, 6.45) is 0.352. The first-order valence-corrected chi connectivity index (χ1v) is 7.89. The lowest BCUT2D eigenvalue weighted by Gasteiger charge is -2.17. The topological polar surface area (TPSA) is 112 Å². The number of rotatable bonds is 7. The third kappa shape index (κ3) is 4.20. The Morgan fingerprint density at radius 2 is 2.16 bits per heavy atom. The maximum Gasteiger partial charge on any atom is 0.272 e. The van der Waals surface area contributed by atoms with Crippen LogP contribution in [0.4, 0.5) is 5.13 Å². The molecular formula is C9H16N4O4S2. The number of carbonyl (C=O) groups excluding carboxylic acids is 1. The maximum absolute atomic E-state index is 12.2. The highest BCUT2D eigenvalue weighted by atomic mass is 32.2. The fraction of sp³-hybridized carbons (Fsp3) is 0.667. The van der Waals surface area contributed by atoms with Gasteiger partial charge in [-0.2, -0.15) is 4.31 Å². The van der Waals surface area contributed by atoms with E-state index in [2.05, 4.69) is 15.5 Å². The second kappa shape index (κ2) is 6.89. The van der Waals surface area contributed by atoms with Gasteiger partial charge in [0.05, 0.1) is 0 Å². The number of carbonyl (C=O) groups is 1. The average molecular weight is 308 g/mol. The minimum Gasteiger partial charge on any atom is -0.396 e. The van der Waals surface area contributed by atoms with Gasteiger partial charge in [-0.3, -0.25) is 4.79 Å². The van der Waals surface area contributed by atoms with Crippen molar-refractivity contribution < 1.29 is 18.3 Å². The van der Waals surface area contributed by atoms with E-state index in [-0.39, 0.29) is 35.1 Å². The van der Waals surface area contributed by atoms with Crippen molar-refractivity contribution in [3.05, 3.63) is 0 Å². The van der Waals surface area contributed by atoms with Crippen molar-refractivity contribution in [3.8, 4) is 0 Å². The van der Waals surface area contributed by atoms with Crippen LogP contribution in [0.5, 0.6) is 0 Å². The molecule has 1 aromatic rings. The van der Waals surface area contributed by atoms with Crippen LogP contribution in [0.1, 0.15) is 20.3 Å². The molecule has 0 fully saturated rings. The van der Waals surface area contributed by atoms with E-state index in [9.17, 15) is 13.2 Å². The van der Waals surface area contributed by atoms with E-state index in [0.29, 0.717) is 6.42 Å². The van der Waals surface area contributed by atoms with Crippen molar-refractivity contribution in [2.45, 2.75) is 24.6 Å². The zero-order valence-electron chi connectivity index (χ0n) is 10.7. The lowest BCUT2D eigenvalue weighted by molar-refractivity contribution is -0.114. The number of amides is 1. The Hall–Kier alpha value is -1.10. The standard InChI is InChI=1S/C9H16N4O4S2/c1-3-13(5-4-6-14)19(16,17)9-12-11-8(18-9)10-7(2)15/h14H,3-6H2,1-2H3,(H,10,11,15). The average Bonchev–Trinajstić information content (AvgIpc) is 2.78. The van der Waals surface area contributed by atoms with Crippen molar-refractivity contribution in [1.29, 1.82) is 0 Å². The van der Waals surface area contributed by atoms with Gasteiger partial charge in [-0.05, 0) is 6.42 Å². The van der Waals surface area contributed by atoms with Crippen LogP contribution < -0.4 is 5.32 Å². The smallest absolute Gasteiger partial charge is 0.272 e. The highest BCUT2D eigenvalue weighted by Gasteiger charge is 2.27. The SMILES string of the molecule is CCN(CCCO)S(=O)(=O)c1nnc(NC(C)=O)s1. The molecule has 108 valence electrons. The number of sulfonamides is 1. The molecule has 1 heterocycles. The van der Waals surface area contributed by atoms with E-state index in [1.807, 2.05) is 0 Å². The number of nitrogens with one attached hydrogen (secondary N) is 1. The molecule has 1 amide bonds. The Bertz CT molecular complexity index is 528. The van der Waals surface area contributed by atoms with Crippen LogP contribution in [0, 0.1) is 0 Å². The number of anilines is 1. The predicted octanol–water partition coefficient (Wildman–Crippen LogP) is -0.110. The Kier molecular flexibility index (Phi) is 5.79. The molecule has 19 heavy (non-hydrogen) atoms. The molecule has 0 spiro atoms. The molecule has 10 heteroatoms. The van der Waals surface area contributed by atoms with Crippen molar-refractivity contribution >= 4 is 32.4 Å².